The summed E-state index contributed by atoms with van der Waals surface area (Å²) < 4.78 is 0. The number of rotatable bonds is 12. The van der Waals surface area contributed by atoms with Crippen molar-refractivity contribution in [3.8, 4) is 0 Å². The van der Waals surface area contributed by atoms with Crippen molar-refractivity contribution in [2.24, 2.45) is 51.8 Å². The molecule has 0 heteroatoms. The molecule has 1 unspecified atom stereocenters. The topological polar surface area (TPSA) is 0 Å². The van der Waals surface area contributed by atoms with E-state index in [1.807, 2.05) is 0 Å². The molecule has 0 amide bonds. The molecule has 0 aromatic heterocycles. The Morgan fingerprint density at radius 1 is 0.686 bits per heavy atom. The number of unbranched alkanes of at least 4 members (excludes halogenated alkanes) is 5. The molecule has 0 nitrogen and oxygen atoms in total. The highest BCUT2D eigenvalue weighted by atomic mass is 14.7. The first-order valence-corrected chi connectivity index (χ1v) is 16.8. The fourth-order valence-corrected chi connectivity index (χ4v) is 11.3. The van der Waals surface area contributed by atoms with Crippen molar-refractivity contribution in [2.45, 2.75) is 170 Å². The maximum atomic E-state index is 2.85. The Morgan fingerprint density at radius 3 is 2.20 bits per heavy atom. The van der Waals surface area contributed by atoms with E-state index in [-0.39, 0.29) is 0 Å². The van der Waals surface area contributed by atoms with Crippen LogP contribution in [-0.2, 0) is 0 Å². The second kappa shape index (κ2) is 11.8. The second-order valence-electron chi connectivity index (χ2n) is 15.3. The predicted molar refractivity (Wildman–Crippen MR) is 155 cm³/mol. The molecule has 4 aliphatic rings. The van der Waals surface area contributed by atoms with E-state index in [4.69, 9.17) is 0 Å². The summed E-state index contributed by atoms with van der Waals surface area (Å²) in [4.78, 5) is 0. The lowest BCUT2D eigenvalue weighted by molar-refractivity contribution is -0.137. The standard InChI is InChI=1S/C35H64/c1-7-8-9-10-11-13-24-35(28(4)17-15-16-27(2)3)26-22-32-30-20-19-29-18-12-14-23-33(29,5)31(30)21-25-34(32,35)6/h27-32H,7-26H2,1-6H3/t28-,29?,30-,31+,32+,33+,34+,35-/m1/s1. The van der Waals surface area contributed by atoms with Crippen LogP contribution in [-0.4, -0.2) is 0 Å². The minimum Gasteiger partial charge on any atom is -0.0654 e. The van der Waals surface area contributed by atoms with Crippen molar-refractivity contribution in [2.75, 3.05) is 0 Å². The molecule has 4 saturated carbocycles. The highest BCUT2D eigenvalue weighted by molar-refractivity contribution is 5.14. The second-order valence-corrected chi connectivity index (χ2v) is 15.3. The van der Waals surface area contributed by atoms with Crippen molar-refractivity contribution in [3.63, 3.8) is 0 Å². The molecule has 8 atom stereocenters. The Balaban J connectivity index is 1.51. The van der Waals surface area contributed by atoms with Gasteiger partial charge < -0.3 is 0 Å². The van der Waals surface area contributed by atoms with Crippen molar-refractivity contribution >= 4 is 0 Å². The lowest BCUT2D eigenvalue weighted by Gasteiger charge is -2.63. The zero-order valence-electron chi connectivity index (χ0n) is 25.1. The third-order valence-electron chi connectivity index (χ3n) is 13.4. The van der Waals surface area contributed by atoms with Gasteiger partial charge >= 0.3 is 0 Å². The van der Waals surface area contributed by atoms with E-state index in [9.17, 15) is 0 Å². The molecule has 204 valence electrons. The van der Waals surface area contributed by atoms with Gasteiger partial charge in [-0.1, -0.05) is 112 Å². The molecule has 0 heterocycles. The first kappa shape index (κ1) is 28.0. The molecule has 4 fully saturated rings. The van der Waals surface area contributed by atoms with Gasteiger partial charge in [-0.3, -0.25) is 0 Å². The zero-order valence-corrected chi connectivity index (χ0v) is 25.1. The number of hydrogen-bond acceptors (Lipinski definition) is 0. The van der Waals surface area contributed by atoms with Gasteiger partial charge in [0.05, 0.1) is 0 Å². The highest BCUT2D eigenvalue weighted by Crippen LogP contribution is 2.73. The van der Waals surface area contributed by atoms with E-state index in [0.29, 0.717) is 16.2 Å². The van der Waals surface area contributed by atoms with E-state index in [1.54, 1.807) is 57.8 Å². The molecule has 4 rings (SSSR count). The smallest absolute Gasteiger partial charge is 0.0215 e. The van der Waals surface area contributed by atoms with Gasteiger partial charge in [0.1, 0.15) is 0 Å². The van der Waals surface area contributed by atoms with Gasteiger partial charge in [0.2, 0.25) is 0 Å². The fraction of sp³-hybridized carbons (Fsp3) is 1.00. The van der Waals surface area contributed by atoms with Gasteiger partial charge in [0.25, 0.3) is 0 Å². The van der Waals surface area contributed by atoms with Gasteiger partial charge in [0, 0.05) is 0 Å². The van der Waals surface area contributed by atoms with Crippen LogP contribution in [0.25, 0.3) is 0 Å². The summed E-state index contributed by atoms with van der Waals surface area (Å²) in [5.74, 6) is 6.00. The van der Waals surface area contributed by atoms with Gasteiger partial charge in [0.15, 0.2) is 0 Å². The summed E-state index contributed by atoms with van der Waals surface area (Å²) in [5.41, 5.74) is 1.94. The number of hydrogen-bond donors (Lipinski definition) is 0. The quantitative estimate of drug-likeness (QED) is 0.241. The Kier molecular flexibility index (Phi) is 9.45. The third kappa shape index (κ3) is 5.31. The largest absolute Gasteiger partial charge is 0.0654 e. The normalized spacial score (nSPS) is 41.9. The van der Waals surface area contributed by atoms with Gasteiger partial charge in [-0.05, 0) is 110 Å². The van der Waals surface area contributed by atoms with Crippen molar-refractivity contribution in [1.29, 1.82) is 0 Å². The summed E-state index contributed by atoms with van der Waals surface area (Å²) in [6, 6.07) is 0. The molecule has 4 aliphatic carbocycles. The first-order valence-electron chi connectivity index (χ1n) is 16.8. The minimum atomic E-state index is 0.618. The summed E-state index contributed by atoms with van der Waals surface area (Å²) in [5, 5.41) is 0. The van der Waals surface area contributed by atoms with E-state index in [1.165, 1.54) is 70.6 Å². The predicted octanol–water partition coefficient (Wildman–Crippen LogP) is 11.6. The van der Waals surface area contributed by atoms with E-state index in [0.717, 1.165) is 35.5 Å². The van der Waals surface area contributed by atoms with Gasteiger partial charge in [-0.25, -0.2) is 0 Å². The molecule has 0 spiro atoms. The molecule has 35 heavy (non-hydrogen) atoms. The van der Waals surface area contributed by atoms with Crippen LogP contribution in [0.4, 0.5) is 0 Å². The summed E-state index contributed by atoms with van der Waals surface area (Å²) in [7, 11) is 0. The third-order valence-corrected chi connectivity index (χ3v) is 13.4. The summed E-state index contributed by atoms with van der Waals surface area (Å²) >= 11 is 0. The van der Waals surface area contributed by atoms with Crippen molar-refractivity contribution in [3.05, 3.63) is 0 Å². The van der Waals surface area contributed by atoms with Crippen molar-refractivity contribution in [1.82, 2.24) is 0 Å². The van der Waals surface area contributed by atoms with Crippen LogP contribution in [0.1, 0.15) is 170 Å². The molecular weight excluding hydrogens is 420 g/mol. The molecule has 0 radical (unpaired) electrons. The van der Waals surface area contributed by atoms with E-state index in [2.05, 4.69) is 41.5 Å². The lowest BCUT2D eigenvalue weighted by atomic mass is 9.42. The highest BCUT2D eigenvalue weighted by Gasteiger charge is 2.65. The van der Waals surface area contributed by atoms with E-state index < -0.39 is 0 Å². The summed E-state index contributed by atoms with van der Waals surface area (Å²) in [6.45, 7) is 15.5. The lowest BCUT2D eigenvalue weighted by Crippen LogP contribution is -2.55. The monoisotopic (exact) mass is 485 g/mol. The maximum Gasteiger partial charge on any atom is -0.0215 e. The molecule has 0 saturated heterocycles. The van der Waals surface area contributed by atoms with Crippen molar-refractivity contribution < 1.29 is 0 Å². The molecule has 0 aromatic carbocycles. The van der Waals surface area contributed by atoms with Crippen LogP contribution in [0.3, 0.4) is 0 Å². The summed E-state index contributed by atoms with van der Waals surface area (Å²) in [6.07, 6.45) is 30.3. The number of fused-ring (bicyclic) bond motifs is 5. The van der Waals surface area contributed by atoms with E-state index >= 15 is 0 Å². The average Bonchev–Trinajstić information content (AvgIpc) is 3.14. The average molecular weight is 485 g/mol. The minimum absolute atomic E-state index is 0.618. The molecule has 0 aliphatic heterocycles. The maximum absolute atomic E-state index is 2.85. The van der Waals surface area contributed by atoms with Crippen LogP contribution < -0.4 is 0 Å². The van der Waals surface area contributed by atoms with Gasteiger partial charge in [-0.15, -0.1) is 0 Å². The first-order chi connectivity index (χ1) is 16.8. The molecule has 0 aromatic rings. The zero-order chi connectivity index (χ0) is 25.1. The molecular formula is C35H64. The van der Waals surface area contributed by atoms with Crippen LogP contribution in [0, 0.1) is 51.8 Å². The Labute approximate surface area is 221 Å². The molecule has 0 bridgehead atoms. The fourth-order valence-electron chi connectivity index (χ4n) is 11.3. The Bertz CT molecular complexity index is 648. The molecule has 0 N–H and O–H groups in total. The van der Waals surface area contributed by atoms with Crippen LogP contribution >= 0.6 is 0 Å². The van der Waals surface area contributed by atoms with Crippen LogP contribution in [0.5, 0.6) is 0 Å². The van der Waals surface area contributed by atoms with Crippen LogP contribution in [0.2, 0.25) is 0 Å². The Morgan fingerprint density at radius 2 is 1.43 bits per heavy atom. The van der Waals surface area contributed by atoms with Crippen LogP contribution in [0.15, 0.2) is 0 Å². The van der Waals surface area contributed by atoms with Gasteiger partial charge in [-0.2, -0.15) is 0 Å². The Hall–Kier alpha value is 0. The SMILES string of the molecule is CCCCCCCC[C@]1([C@H](C)CCCC(C)C)CC[C@H]2[C@@H]3CCC4CCCC[C@]4(C)[C@H]3CC[C@@]21C.